The number of aliphatic hydroxyl groups excluding tert-OH is 1. The fourth-order valence-electron chi connectivity index (χ4n) is 6.00. The highest BCUT2D eigenvalue weighted by atomic mass is 16.5. The molecule has 2 bridgehead atoms. The average Bonchev–Trinajstić information content (AvgIpc) is 3.57. The lowest BCUT2D eigenvalue weighted by Gasteiger charge is -2.37. The summed E-state index contributed by atoms with van der Waals surface area (Å²) in [5.41, 5.74) is 2.06. The van der Waals surface area contributed by atoms with Crippen molar-refractivity contribution in [2.45, 2.75) is 12.5 Å². The van der Waals surface area contributed by atoms with Crippen molar-refractivity contribution in [3.05, 3.63) is 71.8 Å². The molecule has 0 spiro atoms. The molecule has 2 saturated carbocycles. The molecule has 3 fully saturated rings. The number of imide groups is 1. The molecule has 5 aliphatic rings. The molecule has 4 aliphatic carbocycles. The number of methoxy groups -OCH3 is 1. The number of hydrogen-bond donors (Lipinski definition) is 1. The van der Waals surface area contributed by atoms with Crippen molar-refractivity contribution in [1.29, 1.82) is 0 Å². The van der Waals surface area contributed by atoms with E-state index in [1.54, 1.807) is 31.4 Å². The van der Waals surface area contributed by atoms with Crippen LogP contribution >= 0.6 is 0 Å². The highest BCUT2D eigenvalue weighted by molar-refractivity contribution is 6.22. The topological polar surface area (TPSA) is 66.8 Å². The van der Waals surface area contributed by atoms with E-state index in [4.69, 9.17) is 4.74 Å². The van der Waals surface area contributed by atoms with E-state index in [1.807, 2.05) is 24.3 Å². The summed E-state index contributed by atoms with van der Waals surface area (Å²) in [7, 11) is 1.60. The Bertz CT molecular complexity index is 1020. The van der Waals surface area contributed by atoms with Crippen molar-refractivity contribution in [1.82, 2.24) is 0 Å². The minimum atomic E-state index is -0.787. The number of carbonyl (C=O) groups is 2. The average molecular weight is 401 g/mol. The zero-order valence-electron chi connectivity index (χ0n) is 16.6. The summed E-state index contributed by atoms with van der Waals surface area (Å²) in [6, 6.07) is 14.4. The van der Waals surface area contributed by atoms with E-state index in [1.165, 1.54) is 4.90 Å². The first-order valence-electron chi connectivity index (χ1n) is 10.6. The molecule has 1 N–H and O–H groups in total. The van der Waals surface area contributed by atoms with Gasteiger partial charge in [0.05, 0.1) is 24.6 Å². The Hall–Kier alpha value is -2.92. The van der Waals surface area contributed by atoms with Gasteiger partial charge in [0.25, 0.3) is 0 Å². The Balaban J connectivity index is 1.26. The van der Waals surface area contributed by atoms with Crippen LogP contribution in [0.3, 0.4) is 0 Å². The highest BCUT2D eigenvalue weighted by Crippen LogP contribution is 2.65. The van der Waals surface area contributed by atoms with Crippen LogP contribution in [0.15, 0.2) is 60.7 Å². The molecule has 5 heteroatoms. The normalized spacial score (nSPS) is 34.0. The van der Waals surface area contributed by atoms with E-state index in [0.717, 1.165) is 17.7 Å². The van der Waals surface area contributed by atoms with Crippen LogP contribution < -0.4 is 9.64 Å². The van der Waals surface area contributed by atoms with Gasteiger partial charge in [0.2, 0.25) is 11.8 Å². The first-order valence-corrected chi connectivity index (χ1v) is 10.6. The molecule has 1 heterocycles. The number of amides is 2. The first-order chi connectivity index (χ1) is 14.6. The number of carbonyl (C=O) groups excluding carboxylic acids is 2. The van der Waals surface area contributed by atoms with E-state index in [9.17, 15) is 14.7 Å². The minimum Gasteiger partial charge on any atom is -0.497 e. The molecule has 2 aromatic rings. The van der Waals surface area contributed by atoms with E-state index in [2.05, 4.69) is 12.2 Å². The SMILES string of the molecule is COc1ccc(C(O)c2ccc(N3C(=O)C4C5C=CC(C4C3=O)[C@H]3CC53)cc2)cc1. The molecule has 6 unspecified atom stereocenters. The fraction of sp³-hybridized carbons (Fsp3) is 0.360. The molecule has 0 aromatic heterocycles. The molecule has 7 rings (SSSR count). The largest absolute Gasteiger partial charge is 0.497 e. The molecule has 152 valence electrons. The maximum absolute atomic E-state index is 13.2. The van der Waals surface area contributed by atoms with E-state index in [0.29, 0.717) is 23.1 Å². The lowest BCUT2D eigenvalue weighted by molar-refractivity contribution is -0.124. The van der Waals surface area contributed by atoms with Gasteiger partial charge in [-0.2, -0.15) is 0 Å². The molecule has 1 saturated heterocycles. The Morgan fingerprint density at radius 3 is 1.87 bits per heavy atom. The fourth-order valence-corrected chi connectivity index (χ4v) is 6.00. The van der Waals surface area contributed by atoms with Crippen LogP contribution in [0, 0.1) is 35.5 Å². The number of benzene rings is 2. The molecule has 2 aromatic carbocycles. The predicted octanol–water partition coefficient (Wildman–Crippen LogP) is 3.33. The van der Waals surface area contributed by atoms with Crippen molar-refractivity contribution in [3.8, 4) is 5.75 Å². The van der Waals surface area contributed by atoms with Gasteiger partial charge >= 0.3 is 0 Å². The van der Waals surface area contributed by atoms with Crippen molar-refractivity contribution in [2.75, 3.05) is 12.0 Å². The van der Waals surface area contributed by atoms with Gasteiger partial charge in [-0.15, -0.1) is 0 Å². The van der Waals surface area contributed by atoms with Gasteiger partial charge in [0.1, 0.15) is 11.9 Å². The van der Waals surface area contributed by atoms with Crippen LogP contribution in [0.4, 0.5) is 5.69 Å². The zero-order valence-corrected chi connectivity index (χ0v) is 16.6. The monoisotopic (exact) mass is 401 g/mol. The number of hydrogen-bond acceptors (Lipinski definition) is 4. The minimum absolute atomic E-state index is 0.0573. The van der Waals surface area contributed by atoms with Crippen LogP contribution in [-0.4, -0.2) is 24.0 Å². The van der Waals surface area contributed by atoms with Gasteiger partial charge in [-0.3, -0.25) is 14.5 Å². The number of ether oxygens (including phenoxy) is 1. The summed E-state index contributed by atoms with van der Waals surface area (Å²) >= 11 is 0. The Labute approximate surface area is 175 Å². The van der Waals surface area contributed by atoms with Gasteiger partial charge in [-0.25, -0.2) is 0 Å². The highest BCUT2D eigenvalue weighted by Gasteiger charge is 2.67. The van der Waals surface area contributed by atoms with Crippen molar-refractivity contribution >= 4 is 17.5 Å². The predicted molar refractivity (Wildman–Crippen MR) is 111 cm³/mol. The Morgan fingerprint density at radius 2 is 1.37 bits per heavy atom. The second-order valence-electron chi connectivity index (χ2n) is 8.93. The Kier molecular flexibility index (Phi) is 3.75. The van der Waals surface area contributed by atoms with Gasteiger partial charge in [0.15, 0.2) is 0 Å². The maximum Gasteiger partial charge on any atom is 0.238 e. The molecule has 30 heavy (non-hydrogen) atoms. The summed E-state index contributed by atoms with van der Waals surface area (Å²) < 4.78 is 5.16. The number of rotatable bonds is 4. The van der Waals surface area contributed by atoms with Gasteiger partial charge < -0.3 is 9.84 Å². The van der Waals surface area contributed by atoms with Crippen molar-refractivity contribution in [2.24, 2.45) is 35.5 Å². The third kappa shape index (κ3) is 2.39. The first kappa shape index (κ1) is 17.9. The molecular weight excluding hydrogens is 378 g/mol. The van der Waals surface area contributed by atoms with E-state index < -0.39 is 6.10 Å². The van der Waals surface area contributed by atoms with Gasteiger partial charge in [-0.1, -0.05) is 36.4 Å². The quantitative estimate of drug-likeness (QED) is 0.630. The van der Waals surface area contributed by atoms with E-state index in [-0.39, 0.29) is 35.5 Å². The Morgan fingerprint density at radius 1 is 0.867 bits per heavy atom. The van der Waals surface area contributed by atoms with Crippen LogP contribution in [0.2, 0.25) is 0 Å². The summed E-state index contributed by atoms with van der Waals surface area (Å²) in [4.78, 5) is 27.8. The van der Waals surface area contributed by atoms with Crippen molar-refractivity contribution in [3.63, 3.8) is 0 Å². The second-order valence-corrected chi connectivity index (χ2v) is 8.93. The lowest BCUT2D eigenvalue weighted by Crippen LogP contribution is -2.40. The smallest absolute Gasteiger partial charge is 0.238 e. The second kappa shape index (κ2) is 6.29. The third-order valence-corrected chi connectivity index (χ3v) is 7.56. The molecule has 1 aliphatic heterocycles. The molecule has 5 nitrogen and oxygen atoms in total. The number of aliphatic hydroxyl groups is 1. The third-order valence-electron chi connectivity index (χ3n) is 7.56. The van der Waals surface area contributed by atoms with Gasteiger partial charge in [0, 0.05) is 0 Å². The molecule has 7 atom stereocenters. The lowest BCUT2D eigenvalue weighted by atomic mass is 9.63. The summed E-state index contributed by atoms with van der Waals surface area (Å²) in [5, 5.41) is 10.7. The number of allylic oxidation sites excluding steroid dienone is 2. The summed E-state index contributed by atoms with van der Waals surface area (Å²) in [6.07, 6.45) is 4.74. The summed E-state index contributed by atoms with van der Waals surface area (Å²) in [5.74, 6) is 1.87. The van der Waals surface area contributed by atoms with Crippen LogP contribution in [0.5, 0.6) is 5.75 Å². The van der Waals surface area contributed by atoms with Crippen LogP contribution in [0.25, 0.3) is 0 Å². The zero-order chi connectivity index (χ0) is 20.6. The van der Waals surface area contributed by atoms with Crippen LogP contribution in [0.1, 0.15) is 23.7 Å². The number of nitrogens with zero attached hydrogens (tertiary/aromatic N) is 1. The van der Waals surface area contributed by atoms with Gasteiger partial charge in [-0.05, 0) is 65.5 Å². The molecular formula is C25H23NO4. The standard InChI is InChI=1S/C25H23NO4/c1-30-16-8-4-14(5-9-16)23(27)13-2-6-15(7-3-13)26-24(28)21-17-10-11-18(20-12-19(17)20)22(21)25(26)29/h2-11,17-23,27H,12H2,1H3/t17?,18?,19-,20?,21?,22?,23?/m1/s1. The molecule has 0 radical (unpaired) electrons. The van der Waals surface area contributed by atoms with Crippen molar-refractivity contribution < 1.29 is 19.4 Å². The maximum atomic E-state index is 13.2. The van der Waals surface area contributed by atoms with Crippen LogP contribution in [-0.2, 0) is 9.59 Å². The van der Waals surface area contributed by atoms with E-state index >= 15 is 0 Å². The number of anilines is 1. The summed E-state index contributed by atoms with van der Waals surface area (Å²) in [6.45, 7) is 0. The molecule has 2 amide bonds.